The van der Waals surface area contributed by atoms with E-state index in [4.69, 9.17) is 10.2 Å². The zero-order valence-electron chi connectivity index (χ0n) is 7.56. The topological polar surface area (TPSA) is 75.3 Å². The number of aromatic nitrogens is 2. The molecule has 0 saturated heterocycles. The fourth-order valence-corrected chi connectivity index (χ4v) is 1.13. The quantitative estimate of drug-likeness (QED) is 0.707. The monoisotopic (exact) mass is 184 g/mol. The van der Waals surface area contributed by atoms with E-state index in [-0.39, 0.29) is 12.2 Å². The van der Waals surface area contributed by atoms with Gasteiger partial charge in [-0.2, -0.15) is 0 Å². The van der Waals surface area contributed by atoms with Crippen LogP contribution >= 0.6 is 0 Å². The number of rotatable bonds is 3. The molecule has 1 rings (SSSR count). The predicted molar refractivity (Wildman–Crippen MR) is 45.6 cm³/mol. The van der Waals surface area contributed by atoms with Gasteiger partial charge in [0.25, 0.3) is 0 Å². The molecule has 1 aromatic heterocycles. The largest absolute Gasteiger partial charge is 0.477 e. The maximum Gasteiger partial charge on any atom is 0.354 e. The van der Waals surface area contributed by atoms with Crippen LogP contribution in [-0.4, -0.2) is 31.8 Å². The van der Waals surface area contributed by atoms with Crippen LogP contribution in [0.15, 0.2) is 6.20 Å². The number of aryl methyl sites for hydroxylation is 1. The fraction of sp³-hybridized carbons (Fsp3) is 0.500. The minimum absolute atomic E-state index is 0.110. The second-order valence-corrected chi connectivity index (χ2v) is 2.96. The zero-order valence-corrected chi connectivity index (χ0v) is 7.56. The van der Waals surface area contributed by atoms with E-state index < -0.39 is 12.1 Å². The van der Waals surface area contributed by atoms with Crippen LogP contribution in [0.4, 0.5) is 0 Å². The minimum atomic E-state index is -1.03. The summed E-state index contributed by atoms with van der Waals surface area (Å²) in [5.41, 5.74) is 0.110. The van der Waals surface area contributed by atoms with Gasteiger partial charge in [-0.05, 0) is 13.8 Å². The van der Waals surface area contributed by atoms with Crippen molar-refractivity contribution in [3.05, 3.63) is 17.7 Å². The number of imidazole rings is 1. The average molecular weight is 184 g/mol. The molecule has 5 heteroatoms. The molecule has 0 bridgehead atoms. The highest BCUT2D eigenvalue weighted by molar-refractivity contribution is 5.85. The van der Waals surface area contributed by atoms with Crippen LogP contribution in [-0.2, 0) is 6.54 Å². The van der Waals surface area contributed by atoms with Gasteiger partial charge in [0.1, 0.15) is 11.5 Å². The first-order chi connectivity index (χ1) is 6.02. The number of carbonyl (C=O) groups is 1. The van der Waals surface area contributed by atoms with Crippen LogP contribution in [0.5, 0.6) is 0 Å². The molecule has 0 fully saturated rings. The molecule has 0 radical (unpaired) electrons. The lowest BCUT2D eigenvalue weighted by molar-refractivity contribution is 0.0680. The molecule has 1 heterocycles. The molecule has 0 saturated carbocycles. The molecule has 1 unspecified atom stereocenters. The third-order valence-corrected chi connectivity index (χ3v) is 1.72. The van der Waals surface area contributed by atoms with Gasteiger partial charge >= 0.3 is 5.97 Å². The van der Waals surface area contributed by atoms with E-state index in [0.717, 1.165) is 0 Å². The summed E-state index contributed by atoms with van der Waals surface area (Å²) in [5.74, 6) is -0.431. The summed E-state index contributed by atoms with van der Waals surface area (Å²) < 4.78 is 1.48. The molecule has 1 atom stereocenters. The van der Waals surface area contributed by atoms with Crippen LogP contribution in [0.3, 0.4) is 0 Å². The van der Waals surface area contributed by atoms with E-state index in [2.05, 4.69) is 4.98 Å². The molecule has 72 valence electrons. The summed E-state index contributed by atoms with van der Waals surface area (Å²) in [4.78, 5) is 14.5. The van der Waals surface area contributed by atoms with E-state index >= 15 is 0 Å². The normalized spacial score (nSPS) is 12.8. The Bertz CT molecular complexity index is 317. The standard InChI is InChI=1S/C8H12N2O3/c1-5(11)4-10-6(2)9-3-7(10)8(12)13/h3,5,11H,4H2,1-2H3,(H,12,13). The van der Waals surface area contributed by atoms with Crippen LogP contribution < -0.4 is 0 Å². The van der Waals surface area contributed by atoms with Crippen LogP contribution in [0, 0.1) is 6.92 Å². The van der Waals surface area contributed by atoms with Gasteiger partial charge in [0.15, 0.2) is 0 Å². The van der Waals surface area contributed by atoms with Crippen molar-refractivity contribution in [2.24, 2.45) is 0 Å². The minimum Gasteiger partial charge on any atom is -0.477 e. The molecule has 0 aromatic carbocycles. The summed E-state index contributed by atoms with van der Waals surface area (Å²) in [6.07, 6.45) is 0.714. The third kappa shape index (κ3) is 2.06. The van der Waals surface area contributed by atoms with Crippen molar-refractivity contribution in [1.29, 1.82) is 0 Å². The Morgan fingerprint density at radius 1 is 1.77 bits per heavy atom. The summed E-state index contributed by atoms with van der Waals surface area (Å²) in [6, 6.07) is 0. The lowest BCUT2D eigenvalue weighted by Gasteiger charge is -2.09. The average Bonchev–Trinajstić information content (AvgIpc) is 2.32. The highest BCUT2D eigenvalue weighted by atomic mass is 16.4. The molecule has 0 aliphatic rings. The Morgan fingerprint density at radius 3 is 2.85 bits per heavy atom. The Kier molecular flexibility index (Phi) is 2.67. The van der Waals surface area contributed by atoms with Crippen molar-refractivity contribution in [2.75, 3.05) is 0 Å². The molecule has 0 amide bonds. The molecule has 0 spiro atoms. The number of aliphatic hydroxyl groups is 1. The van der Waals surface area contributed by atoms with Gasteiger partial charge in [0, 0.05) is 0 Å². The van der Waals surface area contributed by atoms with E-state index in [9.17, 15) is 4.79 Å². The zero-order chi connectivity index (χ0) is 10.0. The fourth-order valence-electron chi connectivity index (χ4n) is 1.13. The number of hydrogen-bond acceptors (Lipinski definition) is 3. The van der Waals surface area contributed by atoms with Gasteiger partial charge in [-0.1, -0.05) is 0 Å². The summed E-state index contributed by atoms with van der Waals surface area (Å²) in [5, 5.41) is 17.9. The molecule has 2 N–H and O–H groups in total. The third-order valence-electron chi connectivity index (χ3n) is 1.72. The summed E-state index contributed by atoms with van der Waals surface area (Å²) in [6.45, 7) is 3.56. The summed E-state index contributed by atoms with van der Waals surface area (Å²) >= 11 is 0. The maximum atomic E-state index is 10.7. The van der Waals surface area contributed by atoms with Crippen molar-refractivity contribution < 1.29 is 15.0 Å². The molecular weight excluding hydrogens is 172 g/mol. The van der Waals surface area contributed by atoms with Crippen LogP contribution in [0.25, 0.3) is 0 Å². The second-order valence-electron chi connectivity index (χ2n) is 2.96. The Hall–Kier alpha value is -1.36. The van der Waals surface area contributed by atoms with E-state index in [1.54, 1.807) is 13.8 Å². The van der Waals surface area contributed by atoms with Crippen LogP contribution in [0.2, 0.25) is 0 Å². The van der Waals surface area contributed by atoms with Crippen molar-refractivity contribution in [3.8, 4) is 0 Å². The highest BCUT2D eigenvalue weighted by Gasteiger charge is 2.13. The first-order valence-electron chi connectivity index (χ1n) is 3.96. The maximum absolute atomic E-state index is 10.7. The van der Waals surface area contributed by atoms with E-state index in [1.807, 2.05) is 0 Å². The van der Waals surface area contributed by atoms with Gasteiger partial charge in [-0.3, -0.25) is 0 Å². The number of carboxylic acids is 1. The number of aromatic carboxylic acids is 1. The van der Waals surface area contributed by atoms with Crippen LogP contribution in [0.1, 0.15) is 23.2 Å². The first-order valence-corrected chi connectivity index (χ1v) is 3.96. The smallest absolute Gasteiger partial charge is 0.354 e. The first kappa shape index (κ1) is 9.73. The molecule has 1 aromatic rings. The second kappa shape index (κ2) is 3.57. The van der Waals surface area contributed by atoms with Gasteiger partial charge in [0.2, 0.25) is 0 Å². The molecule has 0 aliphatic carbocycles. The predicted octanol–water partition coefficient (Wildman–Crippen LogP) is 0.271. The SMILES string of the molecule is Cc1ncc(C(=O)O)n1CC(C)O. The lowest BCUT2D eigenvalue weighted by atomic mass is 10.3. The molecule has 5 nitrogen and oxygen atoms in total. The van der Waals surface area contributed by atoms with E-state index in [1.165, 1.54) is 10.8 Å². The van der Waals surface area contributed by atoms with Crippen molar-refractivity contribution in [3.63, 3.8) is 0 Å². The number of carboxylic acid groups (broad SMARTS) is 1. The van der Waals surface area contributed by atoms with Crippen molar-refractivity contribution >= 4 is 5.97 Å². The summed E-state index contributed by atoms with van der Waals surface area (Å²) in [7, 11) is 0. The number of nitrogens with zero attached hydrogens (tertiary/aromatic N) is 2. The van der Waals surface area contributed by atoms with E-state index in [0.29, 0.717) is 5.82 Å². The van der Waals surface area contributed by atoms with Crippen molar-refractivity contribution in [1.82, 2.24) is 9.55 Å². The number of hydrogen-bond donors (Lipinski definition) is 2. The Balaban J connectivity index is 3.01. The number of aliphatic hydroxyl groups excluding tert-OH is 1. The molecule has 0 aliphatic heterocycles. The van der Waals surface area contributed by atoms with Crippen molar-refractivity contribution in [2.45, 2.75) is 26.5 Å². The Labute approximate surface area is 75.6 Å². The molecular formula is C8H12N2O3. The van der Waals surface area contributed by atoms with Gasteiger partial charge in [-0.15, -0.1) is 0 Å². The highest BCUT2D eigenvalue weighted by Crippen LogP contribution is 2.05. The molecule has 13 heavy (non-hydrogen) atoms. The van der Waals surface area contributed by atoms with Gasteiger partial charge < -0.3 is 14.8 Å². The van der Waals surface area contributed by atoms with Gasteiger partial charge in [0.05, 0.1) is 18.8 Å². The Morgan fingerprint density at radius 2 is 2.38 bits per heavy atom. The lowest BCUT2D eigenvalue weighted by Crippen LogP contribution is -2.17. The van der Waals surface area contributed by atoms with Gasteiger partial charge in [-0.25, -0.2) is 9.78 Å².